The van der Waals surface area contributed by atoms with Crippen molar-refractivity contribution in [3.05, 3.63) is 12.2 Å². The van der Waals surface area contributed by atoms with Crippen molar-refractivity contribution in [3.63, 3.8) is 0 Å². The zero-order valence-corrected chi connectivity index (χ0v) is 30.7. The van der Waals surface area contributed by atoms with Crippen LogP contribution in [-0.2, 0) is 29.1 Å². The Labute approximate surface area is 269 Å². The van der Waals surface area contributed by atoms with Crippen LogP contribution in [0.2, 0.25) is 0 Å². The molecule has 5 heteroatoms. The van der Waals surface area contributed by atoms with Crippen molar-refractivity contribution in [2.75, 3.05) is 0 Å². The molecule has 0 aromatic heterocycles. The van der Waals surface area contributed by atoms with Crippen LogP contribution in [0.5, 0.6) is 0 Å². The zero-order chi connectivity index (χ0) is 29.8. The first-order valence-corrected chi connectivity index (χ1v) is 17.6. The number of aliphatic carboxylic acids is 2. The van der Waals surface area contributed by atoms with Crippen LogP contribution >= 0.6 is 0 Å². The fourth-order valence-electron chi connectivity index (χ4n) is 4.98. The van der Waals surface area contributed by atoms with Crippen molar-refractivity contribution in [1.82, 2.24) is 0 Å². The third-order valence-corrected chi connectivity index (χ3v) is 7.63. The molecule has 0 aliphatic carbocycles. The summed E-state index contributed by atoms with van der Waals surface area (Å²) in [6.45, 7) is 4.52. The third kappa shape index (κ3) is 49.3. The SMILES string of the molecule is CCCCCCCC/C=C/CCCCCCCC(=O)[O-].CCCCCCCCCCCCCCCCCC(=O)[O-].[Zn+2]. The van der Waals surface area contributed by atoms with Gasteiger partial charge < -0.3 is 19.8 Å². The minimum Gasteiger partial charge on any atom is -0.550 e. The van der Waals surface area contributed by atoms with E-state index >= 15 is 0 Å². The normalized spacial score (nSPS) is 10.8. The molecule has 0 saturated carbocycles. The smallest absolute Gasteiger partial charge is 0.550 e. The Balaban J connectivity index is -0.000000688. The summed E-state index contributed by atoms with van der Waals surface area (Å²) in [6.07, 6.45) is 40.8. The Bertz CT molecular complexity index is 536. The topological polar surface area (TPSA) is 80.3 Å². The average Bonchev–Trinajstić information content (AvgIpc) is 2.93. The second-order valence-electron chi connectivity index (χ2n) is 11.8. The van der Waals surface area contributed by atoms with E-state index in [0.717, 1.165) is 32.1 Å². The van der Waals surface area contributed by atoms with Gasteiger partial charge >= 0.3 is 19.5 Å². The predicted molar refractivity (Wildman–Crippen MR) is 169 cm³/mol. The Kier molecular flexibility index (Phi) is 45.2. The summed E-state index contributed by atoms with van der Waals surface area (Å²) in [5.74, 6) is -1.82. The molecular formula is C36H68O4Zn. The summed E-state index contributed by atoms with van der Waals surface area (Å²) in [4.78, 5) is 20.4. The van der Waals surface area contributed by atoms with Gasteiger partial charge in [-0.15, -0.1) is 0 Å². The molecule has 0 atom stereocenters. The largest absolute Gasteiger partial charge is 2.00 e. The van der Waals surface area contributed by atoms with Crippen LogP contribution in [0.3, 0.4) is 0 Å². The van der Waals surface area contributed by atoms with E-state index in [4.69, 9.17) is 0 Å². The van der Waals surface area contributed by atoms with Gasteiger partial charge in [0.05, 0.1) is 0 Å². The van der Waals surface area contributed by atoms with Crippen molar-refractivity contribution in [1.29, 1.82) is 0 Å². The van der Waals surface area contributed by atoms with Crippen molar-refractivity contribution in [2.24, 2.45) is 0 Å². The van der Waals surface area contributed by atoms with Gasteiger partial charge in [-0.25, -0.2) is 0 Å². The van der Waals surface area contributed by atoms with Gasteiger partial charge in [-0.05, 0) is 51.4 Å². The molecule has 0 fully saturated rings. The van der Waals surface area contributed by atoms with Crippen LogP contribution in [0.15, 0.2) is 12.2 Å². The van der Waals surface area contributed by atoms with E-state index < -0.39 is 11.9 Å². The monoisotopic (exact) mass is 628 g/mol. The van der Waals surface area contributed by atoms with Crippen molar-refractivity contribution in [3.8, 4) is 0 Å². The maximum absolute atomic E-state index is 10.2. The van der Waals surface area contributed by atoms with Crippen LogP contribution in [0.1, 0.15) is 206 Å². The molecule has 0 aliphatic heterocycles. The fraction of sp³-hybridized carbons (Fsp3) is 0.889. The second-order valence-corrected chi connectivity index (χ2v) is 11.8. The van der Waals surface area contributed by atoms with Gasteiger partial charge in [0, 0.05) is 11.9 Å². The van der Waals surface area contributed by atoms with Crippen molar-refractivity contribution < 1.29 is 39.3 Å². The van der Waals surface area contributed by atoms with Crippen LogP contribution in [0, 0.1) is 0 Å². The second kappa shape index (κ2) is 41.4. The number of hydrogen-bond acceptors (Lipinski definition) is 4. The quantitative estimate of drug-likeness (QED) is 0.0434. The number of carbonyl (C=O) groups is 2. The average molecular weight is 630 g/mol. The van der Waals surface area contributed by atoms with E-state index in [1.807, 2.05) is 0 Å². The molecule has 0 rings (SSSR count). The zero-order valence-electron chi connectivity index (χ0n) is 27.7. The van der Waals surface area contributed by atoms with Gasteiger partial charge in [0.25, 0.3) is 0 Å². The van der Waals surface area contributed by atoms with E-state index in [0.29, 0.717) is 0 Å². The summed E-state index contributed by atoms with van der Waals surface area (Å²) in [6, 6.07) is 0. The summed E-state index contributed by atoms with van der Waals surface area (Å²) < 4.78 is 0. The number of carboxylic acids is 2. The first-order valence-electron chi connectivity index (χ1n) is 17.6. The van der Waals surface area contributed by atoms with Crippen molar-refractivity contribution >= 4 is 11.9 Å². The number of carboxylic acid groups (broad SMARTS) is 2. The van der Waals surface area contributed by atoms with E-state index in [-0.39, 0.29) is 32.3 Å². The Morgan fingerprint density at radius 2 is 0.610 bits per heavy atom. The van der Waals surface area contributed by atoms with Crippen LogP contribution in [0.25, 0.3) is 0 Å². The first kappa shape index (κ1) is 44.7. The van der Waals surface area contributed by atoms with E-state index in [9.17, 15) is 19.8 Å². The Hall–Kier alpha value is -0.697. The van der Waals surface area contributed by atoms with Gasteiger partial charge in [0.1, 0.15) is 0 Å². The van der Waals surface area contributed by atoms with Gasteiger partial charge in [-0.3, -0.25) is 0 Å². The molecule has 0 aromatic rings. The number of carbonyl (C=O) groups excluding carboxylic acids is 2. The standard InChI is InChI=1S/C18H36O2.C18H34O2.Zn/c2*1-2-3-4-5-6-7-8-9-10-11-12-13-14-15-16-17-18(19)20;/h2-17H2,1H3,(H,19,20);9-10H,2-8,11-17H2,1H3,(H,19,20);/q;;+2/p-2/b;10-9+;. The van der Waals surface area contributed by atoms with Gasteiger partial charge in [0.2, 0.25) is 0 Å². The maximum atomic E-state index is 10.2. The van der Waals surface area contributed by atoms with Crippen molar-refractivity contribution in [2.45, 2.75) is 206 Å². The van der Waals surface area contributed by atoms with Crippen LogP contribution in [-0.4, -0.2) is 11.9 Å². The first-order chi connectivity index (χ1) is 19.5. The molecule has 0 spiro atoms. The molecule has 0 unspecified atom stereocenters. The molecular weight excluding hydrogens is 562 g/mol. The molecule has 0 saturated heterocycles. The van der Waals surface area contributed by atoms with E-state index in [1.165, 1.54) is 148 Å². The molecule has 0 N–H and O–H groups in total. The summed E-state index contributed by atoms with van der Waals surface area (Å²) >= 11 is 0. The number of rotatable bonds is 31. The van der Waals surface area contributed by atoms with Gasteiger partial charge in [-0.2, -0.15) is 0 Å². The summed E-state index contributed by atoms with van der Waals surface area (Å²) in [5.41, 5.74) is 0. The Morgan fingerprint density at radius 3 is 0.854 bits per heavy atom. The molecule has 41 heavy (non-hydrogen) atoms. The molecule has 238 valence electrons. The predicted octanol–water partition coefficient (Wildman–Crippen LogP) is 9.77. The molecule has 0 amide bonds. The van der Waals surface area contributed by atoms with E-state index in [1.54, 1.807) is 0 Å². The van der Waals surface area contributed by atoms with Gasteiger partial charge in [-0.1, -0.05) is 167 Å². The van der Waals surface area contributed by atoms with Crippen LogP contribution in [0.4, 0.5) is 0 Å². The minimum atomic E-state index is -0.914. The number of hydrogen-bond donors (Lipinski definition) is 0. The van der Waals surface area contributed by atoms with Gasteiger partial charge in [0.15, 0.2) is 0 Å². The summed E-state index contributed by atoms with van der Waals surface area (Å²) in [5, 5.41) is 20.4. The molecule has 0 heterocycles. The minimum absolute atomic E-state index is 0. The third-order valence-electron chi connectivity index (χ3n) is 7.63. The molecule has 0 aliphatic rings. The number of allylic oxidation sites excluding steroid dienone is 2. The maximum Gasteiger partial charge on any atom is 2.00 e. The van der Waals surface area contributed by atoms with Crippen LogP contribution < -0.4 is 10.2 Å². The summed E-state index contributed by atoms with van der Waals surface area (Å²) in [7, 11) is 0. The fourth-order valence-corrected chi connectivity index (χ4v) is 4.98. The molecule has 4 nitrogen and oxygen atoms in total. The number of unbranched alkanes of at least 4 members (excludes halogenated alkanes) is 25. The Morgan fingerprint density at radius 1 is 0.390 bits per heavy atom. The molecule has 0 bridgehead atoms. The van der Waals surface area contributed by atoms with E-state index in [2.05, 4.69) is 26.0 Å². The molecule has 0 aromatic carbocycles. The molecule has 0 radical (unpaired) electrons.